The van der Waals surface area contributed by atoms with Crippen LogP contribution in [0.5, 0.6) is 5.75 Å². The van der Waals surface area contributed by atoms with Crippen LogP contribution in [0.25, 0.3) is 32.8 Å². The molecule has 1 unspecified atom stereocenters. The van der Waals surface area contributed by atoms with Gasteiger partial charge in [-0.3, -0.25) is 0 Å². The topological polar surface area (TPSA) is 73.9 Å². The summed E-state index contributed by atoms with van der Waals surface area (Å²) < 4.78 is 24.5. The van der Waals surface area contributed by atoms with Crippen molar-refractivity contribution in [2.75, 3.05) is 7.11 Å². The fourth-order valence-electron chi connectivity index (χ4n) is 3.25. The van der Waals surface area contributed by atoms with E-state index in [9.17, 15) is 4.39 Å². The lowest BCUT2D eigenvalue weighted by Gasteiger charge is -2.08. The molecule has 0 aliphatic carbocycles. The molecule has 0 aliphatic rings. The minimum absolute atomic E-state index is 0.131. The van der Waals surface area contributed by atoms with Crippen molar-refractivity contribution in [3.05, 3.63) is 71.9 Å². The van der Waals surface area contributed by atoms with Crippen LogP contribution in [0.4, 0.5) is 4.39 Å². The molecule has 5 rings (SSSR count). The van der Waals surface area contributed by atoms with Gasteiger partial charge in [-0.05, 0) is 48.9 Å². The van der Waals surface area contributed by atoms with Gasteiger partial charge in [0.2, 0.25) is 11.8 Å². The molecule has 160 valence electrons. The van der Waals surface area contributed by atoms with E-state index in [0.717, 1.165) is 37.7 Å². The predicted molar refractivity (Wildman–Crippen MR) is 123 cm³/mol. The zero-order valence-electron chi connectivity index (χ0n) is 17.2. The Morgan fingerprint density at radius 2 is 1.75 bits per heavy atom. The highest BCUT2D eigenvalue weighted by Crippen LogP contribution is 2.42. The van der Waals surface area contributed by atoms with E-state index >= 15 is 0 Å². The van der Waals surface area contributed by atoms with Crippen LogP contribution in [0.1, 0.15) is 18.1 Å². The van der Waals surface area contributed by atoms with Crippen molar-refractivity contribution in [1.29, 1.82) is 0 Å². The minimum Gasteiger partial charge on any atom is -0.497 e. The highest BCUT2D eigenvalue weighted by Gasteiger charge is 2.20. The third-order valence-electron chi connectivity index (χ3n) is 4.90. The Morgan fingerprint density at radius 3 is 2.50 bits per heavy atom. The Morgan fingerprint density at radius 1 is 1.00 bits per heavy atom. The van der Waals surface area contributed by atoms with Crippen LogP contribution in [0.3, 0.4) is 0 Å². The van der Waals surface area contributed by atoms with Gasteiger partial charge in [0.25, 0.3) is 0 Å². The Labute approximate surface area is 191 Å². The van der Waals surface area contributed by atoms with Gasteiger partial charge in [-0.25, -0.2) is 14.4 Å². The summed E-state index contributed by atoms with van der Waals surface area (Å²) in [7, 11) is 1.62. The third-order valence-corrected chi connectivity index (χ3v) is 6.88. The van der Waals surface area contributed by atoms with Crippen molar-refractivity contribution >= 4 is 33.3 Å². The van der Waals surface area contributed by atoms with Crippen LogP contribution in [0.2, 0.25) is 0 Å². The summed E-state index contributed by atoms with van der Waals surface area (Å²) in [6.45, 7) is 1.99. The molecule has 1 atom stereocenters. The van der Waals surface area contributed by atoms with Gasteiger partial charge in [0.05, 0.1) is 17.7 Å². The summed E-state index contributed by atoms with van der Waals surface area (Å²) in [4.78, 5) is 9.79. The largest absolute Gasteiger partial charge is 0.497 e. The fourth-order valence-corrected chi connectivity index (χ4v) is 5.19. The van der Waals surface area contributed by atoms with E-state index in [1.807, 2.05) is 36.6 Å². The second-order valence-corrected chi connectivity index (χ2v) is 9.14. The van der Waals surface area contributed by atoms with E-state index in [1.54, 1.807) is 25.6 Å². The quantitative estimate of drug-likeness (QED) is 0.212. The smallest absolute Gasteiger partial charge is 0.247 e. The molecular weight excluding hydrogens is 447 g/mol. The number of fused-ring (bicyclic) bond motifs is 1. The second-order valence-electron chi connectivity index (χ2n) is 6.95. The number of hydrogen-bond acceptors (Lipinski definition) is 8. The van der Waals surface area contributed by atoms with Crippen molar-refractivity contribution < 1.29 is 13.5 Å². The average Bonchev–Trinajstić information content (AvgIpc) is 3.48. The molecule has 32 heavy (non-hydrogen) atoms. The van der Waals surface area contributed by atoms with Crippen molar-refractivity contribution in [2.24, 2.45) is 0 Å². The number of aromatic nitrogens is 4. The Hall–Kier alpha value is -3.30. The van der Waals surface area contributed by atoms with E-state index < -0.39 is 0 Å². The number of rotatable bonds is 6. The van der Waals surface area contributed by atoms with Gasteiger partial charge in [-0.2, -0.15) is 0 Å². The lowest BCUT2D eigenvalue weighted by molar-refractivity contribution is 0.415. The first-order valence-corrected chi connectivity index (χ1v) is 11.5. The molecule has 3 heterocycles. The first kappa shape index (κ1) is 20.6. The summed E-state index contributed by atoms with van der Waals surface area (Å²) in [5.74, 6) is 1.45. The molecule has 0 aliphatic heterocycles. The van der Waals surface area contributed by atoms with Crippen molar-refractivity contribution in [2.45, 2.75) is 17.2 Å². The molecule has 5 aromatic rings. The van der Waals surface area contributed by atoms with Gasteiger partial charge in [0.1, 0.15) is 27.8 Å². The van der Waals surface area contributed by atoms with Crippen LogP contribution < -0.4 is 4.74 Å². The van der Waals surface area contributed by atoms with Crippen LogP contribution in [-0.4, -0.2) is 27.3 Å². The van der Waals surface area contributed by atoms with Crippen LogP contribution >= 0.6 is 23.1 Å². The van der Waals surface area contributed by atoms with Gasteiger partial charge >= 0.3 is 0 Å². The molecule has 0 radical (unpaired) electrons. The SMILES string of the molecule is COc1ccc(-c2nnc(C(C)Sc3ncnc4scc(-c5ccc(F)cc5)c34)o2)cc1. The lowest BCUT2D eigenvalue weighted by atomic mass is 10.1. The minimum atomic E-state index is -0.267. The summed E-state index contributed by atoms with van der Waals surface area (Å²) in [5, 5.41) is 12.1. The van der Waals surface area contributed by atoms with Crippen molar-refractivity contribution in [3.8, 4) is 28.3 Å². The standard InChI is InChI=1S/C23H17FN4O2S2/c1-13(20-27-28-21(30-20)15-5-9-17(29-2)10-6-15)32-23-19-18(11-31-22(19)25-12-26-23)14-3-7-16(24)8-4-14/h3-13H,1-2H3. The highest BCUT2D eigenvalue weighted by molar-refractivity contribution is 7.99. The summed E-state index contributed by atoms with van der Waals surface area (Å²) >= 11 is 3.06. The number of halogens is 1. The lowest BCUT2D eigenvalue weighted by Crippen LogP contribution is -1.92. The number of thioether (sulfide) groups is 1. The van der Waals surface area contributed by atoms with Gasteiger partial charge < -0.3 is 9.15 Å². The molecule has 0 spiro atoms. The van der Waals surface area contributed by atoms with Gasteiger partial charge in [0, 0.05) is 16.5 Å². The molecule has 2 aromatic carbocycles. The number of methoxy groups -OCH3 is 1. The Kier molecular flexibility index (Phi) is 5.59. The predicted octanol–water partition coefficient (Wildman–Crippen LogP) is 6.41. The maximum Gasteiger partial charge on any atom is 0.247 e. The first-order valence-electron chi connectivity index (χ1n) is 9.75. The van der Waals surface area contributed by atoms with Crippen LogP contribution in [-0.2, 0) is 0 Å². The monoisotopic (exact) mass is 464 g/mol. The molecule has 0 saturated carbocycles. The number of benzene rings is 2. The van der Waals surface area contributed by atoms with Crippen molar-refractivity contribution in [1.82, 2.24) is 20.2 Å². The summed E-state index contributed by atoms with van der Waals surface area (Å²) in [6, 6.07) is 13.9. The zero-order valence-corrected chi connectivity index (χ0v) is 18.8. The maximum absolute atomic E-state index is 13.4. The molecule has 0 N–H and O–H groups in total. The number of nitrogens with zero attached hydrogens (tertiary/aromatic N) is 4. The van der Waals surface area contributed by atoms with Gasteiger partial charge in [0.15, 0.2) is 0 Å². The van der Waals surface area contributed by atoms with Crippen LogP contribution in [0, 0.1) is 5.82 Å². The van der Waals surface area contributed by atoms with E-state index in [2.05, 4.69) is 20.2 Å². The number of ether oxygens (including phenoxy) is 1. The molecule has 9 heteroatoms. The molecule has 6 nitrogen and oxygen atoms in total. The third kappa shape index (κ3) is 3.96. The molecule has 0 fully saturated rings. The van der Waals surface area contributed by atoms with Gasteiger partial charge in [-0.1, -0.05) is 23.9 Å². The first-order chi connectivity index (χ1) is 15.6. The summed E-state index contributed by atoms with van der Waals surface area (Å²) in [6.07, 6.45) is 1.55. The molecule has 0 saturated heterocycles. The van der Waals surface area contributed by atoms with E-state index in [1.165, 1.54) is 35.2 Å². The van der Waals surface area contributed by atoms with E-state index in [0.29, 0.717) is 11.8 Å². The Balaban J connectivity index is 1.44. The van der Waals surface area contributed by atoms with E-state index in [4.69, 9.17) is 9.15 Å². The number of thiophene rings is 1. The normalized spacial score (nSPS) is 12.2. The average molecular weight is 465 g/mol. The van der Waals surface area contributed by atoms with Crippen molar-refractivity contribution in [3.63, 3.8) is 0 Å². The maximum atomic E-state index is 13.4. The molecule has 0 bridgehead atoms. The Bertz CT molecular complexity index is 1370. The highest BCUT2D eigenvalue weighted by atomic mass is 32.2. The number of hydrogen-bond donors (Lipinski definition) is 0. The second kappa shape index (κ2) is 8.68. The fraction of sp³-hybridized carbons (Fsp3) is 0.130. The van der Waals surface area contributed by atoms with E-state index in [-0.39, 0.29) is 11.1 Å². The summed E-state index contributed by atoms with van der Waals surface area (Å²) in [5.41, 5.74) is 2.72. The van der Waals surface area contributed by atoms with Gasteiger partial charge in [-0.15, -0.1) is 21.5 Å². The molecule has 3 aromatic heterocycles. The zero-order chi connectivity index (χ0) is 22.1. The van der Waals surface area contributed by atoms with Crippen LogP contribution in [0.15, 0.2) is 69.7 Å². The molecule has 0 amide bonds. The molecular formula is C23H17FN4O2S2.